The number of aromatic amines is 1. The molecule has 11 heteroatoms. The SMILES string of the molecule is COc1ccc([C@H](NC(=O)c2cc(F)c3cnc(NCCC#N)nc3c2)c2cn[nH]c2C)cc1F. The van der Waals surface area contributed by atoms with Gasteiger partial charge in [-0.25, -0.2) is 18.7 Å². The number of nitriles is 1. The lowest BCUT2D eigenvalue weighted by atomic mass is 9.98. The van der Waals surface area contributed by atoms with Crippen LogP contribution >= 0.6 is 0 Å². The number of carbonyl (C=O) groups is 1. The number of methoxy groups -OCH3 is 1. The van der Waals surface area contributed by atoms with E-state index in [2.05, 4.69) is 30.8 Å². The number of halogens is 2. The summed E-state index contributed by atoms with van der Waals surface area (Å²) in [5.74, 6) is -1.56. The van der Waals surface area contributed by atoms with Crippen LogP contribution in [0.1, 0.15) is 39.6 Å². The van der Waals surface area contributed by atoms with Gasteiger partial charge in [0.25, 0.3) is 5.91 Å². The van der Waals surface area contributed by atoms with Crippen LogP contribution in [-0.4, -0.2) is 39.7 Å². The maximum absolute atomic E-state index is 14.8. The van der Waals surface area contributed by atoms with Crippen LogP contribution in [0.5, 0.6) is 5.75 Å². The summed E-state index contributed by atoms with van der Waals surface area (Å²) in [6.07, 6.45) is 3.10. The summed E-state index contributed by atoms with van der Waals surface area (Å²) >= 11 is 0. The molecule has 35 heavy (non-hydrogen) atoms. The maximum atomic E-state index is 14.8. The molecule has 0 aliphatic rings. The standard InChI is InChI=1S/C24H21F2N7O2/c1-13-16(12-30-33-13)22(14-4-5-21(35-2)19(26)8-14)32-23(34)15-9-18(25)17-11-29-24(28-7-3-6-27)31-20(17)10-15/h4-5,8-12,22H,3,7H2,1-2H3,(H,30,33)(H,32,34)(H,28,29,31)/t22-/m0/s1. The number of ether oxygens (including phenoxy) is 1. The molecule has 0 bridgehead atoms. The first-order valence-corrected chi connectivity index (χ1v) is 10.6. The van der Waals surface area contributed by atoms with Gasteiger partial charge >= 0.3 is 0 Å². The molecule has 0 unspecified atom stereocenters. The Bertz CT molecular complexity index is 1430. The van der Waals surface area contributed by atoms with Gasteiger partial charge in [0.15, 0.2) is 11.6 Å². The number of benzene rings is 2. The largest absolute Gasteiger partial charge is 0.494 e. The van der Waals surface area contributed by atoms with Gasteiger partial charge in [-0.15, -0.1) is 0 Å². The number of hydrogen-bond donors (Lipinski definition) is 3. The molecule has 4 rings (SSSR count). The molecule has 9 nitrogen and oxygen atoms in total. The van der Waals surface area contributed by atoms with Gasteiger partial charge in [-0.2, -0.15) is 10.4 Å². The van der Waals surface area contributed by atoms with Gasteiger partial charge in [0.05, 0.1) is 42.7 Å². The Morgan fingerprint density at radius 2 is 2.06 bits per heavy atom. The fourth-order valence-corrected chi connectivity index (χ4v) is 3.61. The number of H-pyrrole nitrogens is 1. The molecule has 0 fully saturated rings. The van der Waals surface area contributed by atoms with Crippen LogP contribution in [0.2, 0.25) is 0 Å². The highest BCUT2D eigenvalue weighted by atomic mass is 19.1. The van der Waals surface area contributed by atoms with Gasteiger partial charge in [-0.05, 0) is 36.8 Å². The molecule has 2 aromatic heterocycles. The number of rotatable bonds is 8. The number of amides is 1. The van der Waals surface area contributed by atoms with Crippen molar-refractivity contribution < 1.29 is 18.3 Å². The third-order valence-electron chi connectivity index (χ3n) is 5.40. The van der Waals surface area contributed by atoms with E-state index in [1.54, 1.807) is 13.0 Å². The Labute approximate surface area is 199 Å². The first-order valence-electron chi connectivity index (χ1n) is 10.6. The molecule has 2 aromatic carbocycles. The number of hydrogen-bond acceptors (Lipinski definition) is 7. The van der Waals surface area contributed by atoms with Crippen molar-refractivity contribution in [1.82, 2.24) is 25.5 Å². The monoisotopic (exact) mass is 477 g/mol. The van der Waals surface area contributed by atoms with Crippen LogP contribution in [-0.2, 0) is 0 Å². The van der Waals surface area contributed by atoms with Crippen LogP contribution in [0.4, 0.5) is 14.7 Å². The summed E-state index contributed by atoms with van der Waals surface area (Å²) in [6, 6.07) is 8.13. The Morgan fingerprint density at radius 3 is 2.74 bits per heavy atom. The first kappa shape index (κ1) is 23.6. The smallest absolute Gasteiger partial charge is 0.252 e. The zero-order chi connectivity index (χ0) is 24.9. The molecule has 1 amide bonds. The number of carbonyl (C=O) groups excluding carboxylic acids is 1. The van der Waals surface area contributed by atoms with E-state index in [0.717, 1.165) is 6.07 Å². The van der Waals surface area contributed by atoms with Gasteiger partial charge in [0, 0.05) is 29.6 Å². The van der Waals surface area contributed by atoms with Crippen molar-refractivity contribution in [3.63, 3.8) is 0 Å². The predicted molar refractivity (Wildman–Crippen MR) is 124 cm³/mol. The average Bonchev–Trinajstić information content (AvgIpc) is 3.27. The number of nitrogens with zero attached hydrogens (tertiary/aromatic N) is 4. The number of anilines is 1. The van der Waals surface area contributed by atoms with Gasteiger partial charge in [0.2, 0.25) is 5.95 Å². The van der Waals surface area contributed by atoms with Gasteiger partial charge in [-0.1, -0.05) is 6.07 Å². The summed E-state index contributed by atoms with van der Waals surface area (Å²) in [6.45, 7) is 2.10. The quantitative estimate of drug-likeness (QED) is 0.329. The average molecular weight is 477 g/mol. The predicted octanol–water partition coefficient (Wildman–Crippen LogP) is 3.79. The van der Waals surface area contributed by atoms with E-state index in [4.69, 9.17) is 10.00 Å². The fraction of sp³-hybridized carbons (Fsp3) is 0.208. The van der Waals surface area contributed by atoms with E-state index in [0.29, 0.717) is 23.4 Å². The second kappa shape index (κ2) is 10.1. The first-order chi connectivity index (χ1) is 16.9. The lowest BCUT2D eigenvalue weighted by Crippen LogP contribution is -2.29. The van der Waals surface area contributed by atoms with Crippen molar-refractivity contribution in [2.75, 3.05) is 19.0 Å². The second-order valence-corrected chi connectivity index (χ2v) is 7.67. The topological polar surface area (TPSA) is 129 Å². The Balaban J connectivity index is 1.68. The third-order valence-corrected chi connectivity index (χ3v) is 5.40. The molecule has 2 heterocycles. The van der Waals surface area contributed by atoms with Crippen molar-refractivity contribution in [1.29, 1.82) is 5.26 Å². The van der Waals surface area contributed by atoms with Crippen LogP contribution in [0.25, 0.3) is 10.9 Å². The molecular weight excluding hydrogens is 456 g/mol. The lowest BCUT2D eigenvalue weighted by molar-refractivity contribution is 0.0942. The van der Waals surface area contributed by atoms with Crippen LogP contribution in [0.3, 0.4) is 0 Å². The minimum atomic E-state index is -0.769. The molecule has 0 aliphatic carbocycles. The van der Waals surface area contributed by atoms with Crippen molar-refractivity contribution >= 4 is 22.8 Å². The van der Waals surface area contributed by atoms with Gasteiger partial charge in [0.1, 0.15) is 5.82 Å². The zero-order valence-corrected chi connectivity index (χ0v) is 18.9. The molecule has 0 spiro atoms. The van der Waals surface area contributed by atoms with E-state index in [1.807, 2.05) is 6.07 Å². The molecule has 0 aliphatic heterocycles. The summed E-state index contributed by atoms with van der Waals surface area (Å²) in [7, 11) is 1.36. The number of aryl methyl sites for hydroxylation is 1. The third kappa shape index (κ3) is 5.01. The van der Waals surface area contributed by atoms with Crippen molar-refractivity contribution in [2.45, 2.75) is 19.4 Å². The second-order valence-electron chi connectivity index (χ2n) is 7.67. The van der Waals surface area contributed by atoms with E-state index in [1.165, 1.54) is 37.7 Å². The molecule has 1 atom stereocenters. The highest BCUT2D eigenvalue weighted by Gasteiger charge is 2.23. The number of fused-ring (bicyclic) bond motifs is 1. The number of nitrogens with one attached hydrogen (secondary N) is 3. The van der Waals surface area contributed by atoms with E-state index < -0.39 is 23.6 Å². The lowest BCUT2D eigenvalue weighted by Gasteiger charge is -2.20. The molecule has 4 aromatic rings. The van der Waals surface area contributed by atoms with Crippen molar-refractivity contribution in [3.8, 4) is 11.8 Å². The minimum absolute atomic E-state index is 0.0248. The fourth-order valence-electron chi connectivity index (χ4n) is 3.61. The summed E-state index contributed by atoms with van der Waals surface area (Å²) < 4.78 is 34.2. The zero-order valence-electron chi connectivity index (χ0n) is 18.9. The molecule has 0 saturated heterocycles. The normalized spacial score (nSPS) is 11.6. The Morgan fingerprint density at radius 1 is 1.23 bits per heavy atom. The highest BCUT2D eigenvalue weighted by molar-refractivity contribution is 5.98. The number of aromatic nitrogens is 4. The Hall–Kier alpha value is -4.59. The molecular formula is C24H21F2N7O2. The van der Waals surface area contributed by atoms with Crippen molar-refractivity contribution in [3.05, 3.63) is 76.7 Å². The molecule has 0 radical (unpaired) electrons. The summed E-state index contributed by atoms with van der Waals surface area (Å²) in [4.78, 5) is 21.5. The van der Waals surface area contributed by atoms with Gasteiger partial charge < -0.3 is 15.4 Å². The molecule has 3 N–H and O–H groups in total. The van der Waals surface area contributed by atoms with Gasteiger partial charge in [-0.3, -0.25) is 9.89 Å². The van der Waals surface area contributed by atoms with Crippen LogP contribution in [0.15, 0.2) is 42.7 Å². The summed E-state index contributed by atoms with van der Waals surface area (Å²) in [5.41, 5.74) is 1.99. The maximum Gasteiger partial charge on any atom is 0.252 e. The van der Waals surface area contributed by atoms with Crippen LogP contribution < -0.4 is 15.4 Å². The van der Waals surface area contributed by atoms with E-state index >= 15 is 0 Å². The van der Waals surface area contributed by atoms with Crippen LogP contribution in [0, 0.1) is 29.9 Å². The molecule has 0 saturated carbocycles. The Kier molecular flexibility index (Phi) is 6.82. The van der Waals surface area contributed by atoms with E-state index in [9.17, 15) is 13.6 Å². The minimum Gasteiger partial charge on any atom is -0.494 e. The highest BCUT2D eigenvalue weighted by Crippen LogP contribution is 2.28. The van der Waals surface area contributed by atoms with E-state index in [-0.39, 0.29) is 34.6 Å². The van der Waals surface area contributed by atoms with Crippen molar-refractivity contribution in [2.24, 2.45) is 0 Å². The molecule has 178 valence electrons. The summed E-state index contributed by atoms with van der Waals surface area (Å²) in [5, 5.41) is 21.3.